The lowest BCUT2D eigenvalue weighted by Gasteiger charge is -2.20. The van der Waals surface area contributed by atoms with Crippen LogP contribution in [0.4, 0.5) is 0 Å². The third-order valence-corrected chi connectivity index (χ3v) is 5.51. The Hall–Kier alpha value is -2.61. The molecule has 7 nitrogen and oxygen atoms in total. The van der Waals surface area contributed by atoms with Gasteiger partial charge < -0.3 is 30.0 Å². The number of hydrogen-bond donors (Lipinski definition) is 2. The summed E-state index contributed by atoms with van der Waals surface area (Å²) in [5, 5.41) is 8.89. The number of phenolic OH excluding ortho intramolecular Hbond substituents is 1. The Morgan fingerprint density at radius 3 is 2.52 bits per heavy atom. The van der Waals surface area contributed by atoms with Crippen molar-refractivity contribution in [3.05, 3.63) is 59.7 Å². The summed E-state index contributed by atoms with van der Waals surface area (Å²) in [6.07, 6.45) is 1.10. The van der Waals surface area contributed by atoms with Gasteiger partial charge in [-0.3, -0.25) is 4.79 Å². The summed E-state index contributed by atoms with van der Waals surface area (Å²) in [5.74, 6) is 1.08. The first-order valence-corrected chi connectivity index (χ1v) is 10.8. The molecule has 2 aromatic carbocycles. The highest BCUT2D eigenvalue weighted by Crippen LogP contribution is 2.29. The van der Waals surface area contributed by atoms with Gasteiger partial charge in [0.25, 0.3) is 5.91 Å². The van der Waals surface area contributed by atoms with Crippen molar-refractivity contribution in [3.8, 4) is 11.5 Å². The minimum absolute atomic E-state index is 0.0389. The van der Waals surface area contributed by atoms with Crippen LogP contribution in [-0.4, -0.2) is 60.5 Å². The van der Waals surface area contributed by atoms with Crippen LogP contribution < -0.4 is 10.5 Å². The van der Waals surface area contributed by atoms with E-state index >= 15 is 0 Å². The first-order valence-electron chi connectivity index (χ1n) is 10.8. The average Bonchev–Trinajstić information content (AvgIpc) is 3.41. The second-order valence-electron chi connectivity index (χ2n) is 7.53. The van der Waals surface area contributed by atoms with Gasteiger partial charge in [-0.15, -0.1) is 0 Å². The highest BCUT2D eigenvalue weighted by atomic mass is 16.6. The van der Waals surface area contributed by atoms with Crippen molar-refractivity contribution in [2.45, 2.75) is 45.1 Å². The summed E-state index contributed by atoms with van der Waals surface area (Å²) in [5.41, 5.74) is 6.95. The molecule has 31 heavy (non-hydrogen) atoms. The van der Waals surface area contributed by atoms with Gasteiger partial charge in [0.15, 0.2) is 6.10 Å². The molecule has 1 amide bonds. The predicted molar refractivity (Wildman–Crippen MR) is 118 cm³/mol. The van der Waals surface area contributed by atoms with Crippen LogP contribution in [0.2, 0.25) is 0 Å². The van der Waals surface area contributed by atoms with Gasteiger partial charge in [-0.05, 0) is 62.2 Å². The number of ether oxygens (including phenoxy) is 3. The molecule has 4 rings (SSSR count). The third-order valence-electron chi connectivity index (χ3n) is 5.51. The van der Waals surface area contributed by atoms with E-state index in [0.717, 1.165) is 24.3 Å². The number of rotatable bonds is 6. The van der Waals surface area contributed by atoms with Crippen LogP contribution >= 0.6 is 0 Å². The molecule has 0 spiro atoms. The standard InChI is InChI=1S/C17H23NO4.C7H9NO/c1-3-18(4-2)17(19)12-5-7-13(8-6-12)22-15-11-21-14-9-10-20-16(14)15;8-5-6-2-1-3-7(9)4-6/h5-8,14-16H,3-4,9-11H2,1-2H3;1-4,9H,5,8H2. The number of carbonyl (C=O) groups is 1. The van der Waals surface area contributed by atoms with E-state index in [1.165, 1.54) is 0 Å². The maximum atomic E-state index is 12.3. The number of carbonyl (C=O) groups excluding carboxylic acids is 1. The summed E-state index contributed by atoms with van der Waals surface area (Å²) < 4.78 is 17.3. The molecule has 2 aliphatic heterocycles. The largest absolute Gasteiger partial charge is 0.508 e. The Morgan fingerprint density at radius 1 is 1.16 bits per heavy atom. The van der Waals surface area contributed by atoms with E-state index in [1.807, 2.05) is 44.2 Å². The molecule has 0 radical (unpaired) electrons. The van der Waals surface area contributed by atoms with E-state index in [1.54, 1.807) is 23.1 Å². The van der Waals surface area contributed by atoms with E-state index in [-0.39, 0.29) is 30.0 Å². The quantitative estimate of drug-likeness (QED) is 0.735. The van der Waals surface area contributed by atoms with Crippen LogP contribution in [0.25, 0.3) is 0 Å². The zero-order valence-corrected chi connectivity index (χ0v) is 18.2. The second-order valence-corrected chi connectivity index (χ2v) is 7.53. The Bertz CT molecular complexity index is 838. The first-order chi connectivity index (χ1) is 15.0. The number of hydrogen-bond acceptors (Lipinski definition) is 6. The molecule has 2 heterocycles. The van der Waals surface area contributed by atoms with Crippen LogP contribution in [0.15, 0.2) is 48.5 Å². The lowest BCUT2D eigenvalue weighted by atomic mass is 10.1. The van der Waals surface area contributed by atoms with E-state index in [9.17, 15) is 4.79 Å². The lowest BCUT2D eigenvalue weighted by Crippen LogP contribution is -2.32. The second kappa shape index (κ2) is 11.1. The number of amides is 1. The molecule has 0 aromatic heterocycles. The van der Waals surface area contributed by atoms with Crippen LogP contribution in [0.5, 0.6) is 11.5 Å². The highest BCUT2D eigenvalue weighted by Gasteiger charge is 2.43. The highest BCUT2D eigenvalue weighted by molar-refractivity contribution is 5.94. The van der Waals surface area contributed by atoms with Gasteiger partial charge in [0, 0.05) is 31.8 Å². The number of phenols is 1. The molecule has 3 N–H and O–H groups in total. The molecule has 3 unspecified atom stereocenters. The van der Waals surface area contributed by atoms with Crippen molar-refractivity contribution in [2.75, 3.05) is 26.3 Å². The van der Waals surface area contributed by atoms with Gasteiger partial charge in [-0.25, -0.2) is 0 Å². The van der Waals surface area contributed by atoms with E-state index in [4.69, 9.17) is 25.1 Å². The van der Waals surface area contributed by atoms with Gasteiger partial charge in [0.05, 0.1) is 12.7 Å². The topological polar surface area (TPSA) is 94.2 Å². The normalized spacial score (nSPS) is 21.7. The van der Waals surface area contributed by atoms with Crippen molar-refractivity contribution in [3.63, 3.8) is 0 Å². The van der Waals surface area contributed by atoms with Crippen molar-refractivity contribution < 1.29 is 24.1 Å². The molecule has 2 aliphatic rings. The Morgan fingerprint density at radius 2 is 1.90 bits per heavy atom. The maximum absolute atomic E-state index is 12.3. The summed E-state index contributed by atoms with van der Waals surface area (Å²) >= 11 is 0. The molecule has 168 valence electrons. The van der Waals surface area contributed by atoms with Crippen molar-refractivity contribution in [2.24, 2.45) is 5.73 Å². The molecule has 2 aromatic rings. The monoisotopic (exact) mass is 428 g/mol. The van der Waals surface area contributed by atoms with Crippen molar-refractivity contribution in [1.29, 1.82) is 0 Å². The summed E-state index contributed by atoms with van der Waals surface area (Å²) in [6.45, 7) is 7.19. The molecule has 2 saturated heterocycles. The first kappa shape index (κ1) is 23.1. The number of nitrogens with zero attached hydrogens (tertiary/aromatic N) is 1. The Kier molecular flexibility index (Phi) is 8.28. The predicted octanol–water partition coefficient (Wildman–Crippen LogP) is 2.95. The van der Waals surface area contributed by atoms with E-state index in [0.29, 0.717) is 31.8 Å². The molecule has 0 bridgehead atoms. The number of benzene rings is 2. The number of fused-ring (bicyclic) bond motifs is 1. The summed E-state index contributed by atoms with van der Waals surface area (Å²) in [6, 6.07) is 14.3. The van der Waals surface area contributed by atoms with Crippen LogP contribution in [0, 0.1) is 0 Å². The fourth-order valence-electron chi connectivity index (χ4n) is 3.76. The molecule has 7 heteroatoms. The molecule has 3 atom stereocenters. The minimum Gasteiger partial charge on any atom is -0.508 e. The molecule has 0 aliphatic carbocycles. The SMILES string of the molecule is CCN(CC)C(=O)c1ccc(OC2COC3CCOC32)cc1.NCc1cccc(O)c1. The Balaban J connectivity index is 0.000000254. The van der Waals surface area contributed by atoms with Gasteiger partial charge in [-0.2, -0.15) is 0 Å². The lowest BCUT2D eigenvalue weighted by molar-refractivity contribution is 0.0308. The third kappa shape index (κ3) is 5.97. The molecule has 0 saturated carbocycles. The fourth-order valence-corrected chi connectivity index (χ4v) is 3.76. The van der Waals surface area contributed by atoms with Crippen LogP contribution in [0.3, 0.4) is 0 Å². The van der Waals surface area contributed by atoms with Crippen LogP contribution in [-0.2, 0) is 16.0 Å². The summed E-state index contributed by atoms with van der Waals surface area (Å²) in [7, 11) is 0. The average molecular weight is 429 g/mol. The van der Waals surface area contributed by atoms with Crippen molar-refractivity contribution >= 4 is 5.91 Å². The molecular formula is C24H32N2O5. The van der Waals surface area contributed by atoms with Gasteiger partial charge >= 0.3 is 0 Å². The number of aromatic hydroxyl groups is 1. The maximum Gasteiger partial charge on any atom is 0.253 e. The smallest absolute Gasteiger partial charge is 0.253 e. The molecule has 2 fully saturated rings. The number of nitrogens with two attached hydrogens (primary N) is 1. The zero-order valence-electron chi connectivity index (χ0n) is 18.2. The van der Waals surface area contributed by atoms with Gasteiger partial charge in [0.2, 0.25) is 0 Å². The van der Waals surface area contributed by atoms with Gasteiger partial charge in [-0.1, -0.05) is 12.1 Å². The van der Waals surface area contributed by atoms with Crippen LogP contribution in [0.1, 0.15) is 36.2 Å². The Labute approximate surface area is 183 Å². The van der Waals surface area contributed by atoms with E-state index in [2.05, 4.69) is 0 Å². The van der Waals surface area contributed by atoms with E-state index < -0.39 is 0 Å². The fraction of sp³-hybridized carbons (Fsp3) is 0.458. The molecular weight excluding hydrogens is 396 g/mol. The van der Waals surface area contributed by atoms with Crippen molar-refractivity contribution in [1.82, 2.24) is 4.90 Å². The minimum atomic E-state index is -0.0585. The summed E-state index contributed by atoms with van der Waals surface area (Å²) in [4.78, 5) is 14.1. The zero-order chi connectivity index (χ0) is 22.2. The van der Waals surface area contributed by atoms with Gasteiger partial charge in [0.1, 0.15) is 17.6 Å².